The van der Waals surface area contributed by atoms with Crippen LogP contribution in [0, 0.1) is 11.3 Å². The van der Waals surface area contributed by atoms with Gasteiger partial charge in [0.25, 0.3) is 0 Å². The number of hydrogen-bond acceptors (Lipinski definition) is 2. The highest BCUT2D eigenvalue weighted by Crippen LogP contribution is 2.60. The molecule has 1 saturated carbocycles. The quantitative estimate of drug-likeness (QED) is 0.763. The van der Waals surface area contributed by atoms with Crippen molar-refractivity contribution in [2.45, 2.75) is 77.7 Å². The fraction of sp³-hybridized carbons (Fsp3) is 0.700. The third-order valence-corrected chi connectivity index (χ3v) is 6.48. The summed E-state index contributed by atoms with van der Waals surface area (Å²) in [6.45, 7) is 11.3. The van der Waals surface area contributed by atoms with Crippen LogP contribution in [0.2, 0.25) is 0 Å². The summed E-state index contributed by atoms with van der Waals surface area (Å²) in [6, 6.07) is 3.92. The molecule has 0 heterocycles. The highest BCUT2D eigenvalue weighted by atomic mass is 16.3. The van der Waals surface area contributed by atoms with Gasteiger partial charge in [0.15, 0.2) is 0 Å². The van der Waals surface area contributed by atoms with Crippen LogP contribution in [-0.4, -0.2) is 10.2 Å². The molecule has 3 atom stereocenters. The van der Waals surface area contributed by atoms with Crippen molar-refractivity contribution >= 4 is 0 Å². The van der Waals surface area contributed by atoms with Gasteiger partial charge in [-0.3, -0.25) is 0 Å². The molecule has 0 bridgehead atoms. The molecule has 22 heavy (non-hydrogen) atoms. The zero-order valence-corrected chi connectivity index (χ0v) is 14.6. The van der Waals surface area contributed by atoms with E-state index < -0.39 is 6.10 Å². The van der Waals surface area contributed by atoms with Crippen molar-refractivity contribution in [2.75, 3.05) is 0 Å². The lowest BCUT2D eigenvalue weighted by Gasteiger charge is -2.55. The summed E-state index contributed by atoms with van der Waals surface area (Å²) >= 11 is 0. The average Bonchev–Trinajstić information content (AvgIpc) is 2.40. The summed E-state index contributed by atoms with van der Waals surface area (Å²) in [6.07, 6.45) is 4.04. The van der Waals surface area contributed by atoms with E-state index in [-0.39, 0.29) is 16.7 Å². The largest absolute Gasteiger partial charge is 0.508 e. The molecule has 0 aliphatic heterocycles. The van der Waals surface area contributed by atoms with Gasteiger partial charge in [0.05, 0.1) is 6.10 Å². The Kier molecular flexibility index (Phi) is 3.60. The molecule has 122 valence electrons. The molecule has 1 aromatic carbocycles. The van der Waals surface area contributed by atoms with E-state index in [1.807, 2.05) is 6.07 Å². The van der Waals surface area contributed by atoms with Gasteiger partial charge in [0, 0.05) is 5.56 Å². The van der Waals surface area contributed by atoms with Crippen LogP contribution in [0.15, 0.2) is 12.1 Å². The monoisotopic (exact) mass is 302 g/mol. The molecule has 2 nitrogen and oxygen atoms in total. The van der Waals surface area contributed by atoms with Crippen LogP contribution >= 0.6 is 0 Å². The fourth-order valence-electron chi connectivity index (χ4n) is 5.45. The minimum Gasteiger partial charge on any atom is -0.508 e. The third kappa shape index (κ3) is 2.11. The van der Waals surface area contributed by atoms with Crippen molar-refractivity contribution in [2.24, 2.45) is 11.3 Å². The molecular formula is C20H30O2. The third-order valence-electron chi connectivity index (χ3n) is 6.48. The predicted octanol–water partition coefficient (Wildman–Crippen LogP) is 5.04. The Morgan fingerprint density at radius 3 is 2.45 bits per heavy atom. The molecule has 0 radical (unpaired) electrons. The molecule has 3 rings (SSSR count). The first-order valence-electron chi connectivity index (χ1n) is 8.73. The number of fused-ring (bicyclic) bond motifs is 3. The molecule has 0 saturated heterocycles. The number of aromatic hydroxyl groups is 1. The average molecular weight is 302 g/mol. The first-order valence-corrected chi connectivity index (χ1v) is 8.73. The van der Waals surface area contributed by atoms with Gasteiger partial charge in [-0.05, 0) is 59.1 Å². The zero-order valence-electron chi connectivity index (χ0n) is 14.6. The Balaban J connectivity index is 2.24. The summed E-state index contributed by atoms with van der Waals surface area (Å²) in [7, 11) is 0. The number of phenols is 1. The van der Waals surface area contributed by atoms with Crippen LogP contribution in [0.5, 0.6) is 5.75 Å². The van der Waals surface area contributed by atoms with Crippen molar-refractivity contribution < 1.29 is 10.2 Å². The highest BCUT2D eigenvalue weighted by molar-refractivity contribution is 5.52. The van der Waals surface area contributed by atoms with E-state index in [0.29, 0.717) is 11.7 Å². The van der Waals surface area contributed by atoms with E-state index in [0.717, 1.165) is 17.5 Å². The molecule has 1 aromatic rings. The Morgan fingerprint density at radius 1 is 1.14 bits per heavy atom. The first-order chi connectivity index (χ1) is 10.2. The van der Waals surface area contributed by atoms with Crippen LogP contribution in [0.25, 0.3) is 0 Å². The maximum absolute atomic E-state index is 10.9. The van der Waals surface area contributed by atoms with E-state index in [4.69, 9.17) is 0 Å². The van der Waals surface area contributed by atoms with E-state index in [1.165, 1.54) is 24.8 Å². The Labute approximate surface area is 134 Å². The lowest BCUT2D eigenvalue weighted by atomic mass is 9.49. The van der Waals surface area contributed by atoms with E-state index in [1.54, 1.807) is 0 Å². The molecular weight excluding hydrogens is 272 g/mol. The zero-order chi connectivity index (χ0) is 16.3. The maximum Gasteiger partial charge on any atom is 0.119 e. The standard InChI is InChI=1S/C20H30O2/c1-12(2)17-14(21)8-7-13-18(17)15(22)11-16-19(3,4)9-6-10-20(13,16)5/h7-8,12,15-16,21-22H,6,9-11H2,1-5H3/t15-,16-,20+/m0/s1. The van der Waals surface area contributed by atoms with Crippen LogP contribution in [0.3, 0.4) is 0 Å². The summed E-state index contributed by atoms with van der Waals surface area (Å²) in [5, 5.41) is 21.2. The highest BCUT2D eigenvalue weighted by Gasteiger charge is 2.52. The van der Waals surface area contributed by atoms with Gasteiger partial charge in [-0.15, -0.1) is 0 Å². The van der Waals surface area contributed by atoms with Gasteiger partial charge in [0.1, 0.15) is 5.75 Å². The second kappa shape index (κ2) is 4.99. The van der Waals surface area contributed by atoms with Gasteiger partial charge in [-0.25, -0.2) is 0 Å². The second-order valence-corrected chi connectivity index (χ2v) is 8.68. The summed E-state index contributed by atoms with van der Waals surface area (Å²) in [5.74, 6) is 1.06. The van der Waals surface area contributed by atoms with Crippen molar-refractivity contribution in [1.29, 1.82) is 0 Å². The molecule has 0 unspecified atom stereocenters. The molecule has 2 N–H and O–H groups in total. The normalized spacial score (nSPS) is 33.4. The van der Waals surface area contributed by atoms with E-state index in [9.17, 15) is 10.2 Å². The van der Waals surface area contributed by atoms with E-state index in [2.05, 4.69) is 40.7 Å². The van der Waals surface area contributed by atoms with Crippen LogP contribution in [0.4, 0.5) is 0 Å². The number of rotatable bonds is 1. The lowest BCUT2D eigenvalue weighted by molar-refractivity contribution is -0.00733. The van der Waals surface area contributed by atoms with Gasteiger partial charge in [-0.1, -0.05) is 47.1 Å². The van der Waals surface area contributed by atoms with Gasteiger partial charge in [0.2, 0.25) is 0 Å². The first kappa shape index (κ1) is 15.9. The van der Waals surface area contributed by atoms with E-state index >= 15 is 0 Å². The van der Waals surface area contributed by atoms with Crippen molar-refractivity contribution in [3.8, 4) is 5.75 Å². The molecule has 2 aliphatic rings. The summed E-state index contributed by atoms with van der Waals surface area (Å²) < 4.78 is 0. The van der Waals surface area contributed by atoms with Crippen molar-refractivity contribution in [3.05, 3.63) is 28.8 Å². The van der Waals surface area contributed by atoms with Gasteiger partial charge >= 0.3 is 0 Å². The number of benzene rings is 1. The second-order valence-electron chi connectivity index (χ2n) is 8.68. The predicted molar refractivity (Wildman–Crippen MR) is 90.2 cm³/mol. The smallest absolute Gasteiger partial charge is 0.119 e. The number of hydrogen-bond donors (Lipinski definition) is 2. The molecule has 0 aromatic heterocycles. The number of phenolic OH excluding ortho intramolecular Hbond substituents is 1. The molecule has 1 fully saturated rings. The van der Waals surface area contributed by atoms with Gasteiger partial charge in [-0.2, -0.15) is 0 Å². The minimum atomic E-state index is -0.449. The van der Waals surface area contributed by atoms with Crippen molar-refractivity contribution in [3.63, 3.8) is 0 Å². The molecule has 0 spiro atoms. The molecule has 2 aliphatic carbocycles. The lowest BCUT2D eigenvalue weighted by Crippen LogP contribution is -2.49. The van der Waals surface area contributed by atoms with Crippen molar-refractivity contribution in [1.82, 2.24) is 0 Å². The minimum absolute atomic E-state index is 0.119. The topological polar surface area (TPSA) is 40.5 Å². The fourth-order valence-corrected chi connectivity index (χ4v) is 5.45. The summed E-state index contributed by atoms with van der Waals surface area (Å²) in [4.78, 5) is 0. The number of aliphatic hydroxyl groups is 1. The Bertz CT molecular complexity index is 588. The molecule has 2 heteroatoms. The SMILES string of the molecule is CC(C)c1c(O)ccc2c1[C@@H](O)C[C@H]1C(C)(C)CCC[C@]21C. The number of aliphatic hydroxyl groups excluding tert-OH is 1. The Hall–Kier alpha value is -1.02. The molecule has 0 amide bonds. The maximum atomic E-state index is 10.9. The summed E-state index contributed by atoms with van der Waals surface area (Å²) in [5.41, 5.74) is 3.64. The van der Waals surface area contributed by atoms with Gasteiger partial charge < -0.3 is 10.2 Å². The van der Waals surface area contributed by atoms with Crippen LogP contribution < -0.4 is 0 Å². The van der Waals surface area contributed by atoms with Crippen LogP contribution in [-0.2, 0) is 5.41 Å². The Morgan fingerprint density at radius 2 is 1.82 bits per heavy atom. The van der Waals surface area contributed by atoms with Crippen LogP contribution in [0.1, 0.15) is 89.0 Å².